The Morgan fingerprint density at radius 1 is 1.38 bits per heavy atom. The van der Waals surface area contributed by atoms with Crippen molar-refractivity contribution in [2.24, 2.45) is 0 Å². The average molecular weight is 227 g/mol. The van der Waals surface area contributed by atoms with Crippen molar-refractivity contribution in [1.82, 2.24) is 5.32 Å². The highest BCUT2D eigenvalue weighted by molar-refractivity contribution is 5.33. The lowest BCUT2D eigenvalue weighted by Crippen LogP contribution is -2.28. The van der Waals surface area contributed by atoms with Crippen molar-refractivity contribution < 1.29 is 13.5 Å². The zero-order valence-electron chi connectivity index (χ0n) is 9.22. The minimum absolute atomic E-state index is 0.0134. The largest absolute Gasteiger partial charge is 0.494 e. The van der Waals surface area contributed by atoms with Crippen LogP contribution < -0.4 is 10.1 Å². The van der Waals surface area contributed by atoms with Crippen molar-refractivity contribution in [3.63, 3.8) is 0 Å². The maximum atomic E-state index is 13.3. The summed E-state index contributed by atoms with van der Waals surface area (Å²) >= 11 is 0. The van der Waals surface area contributed by atoms with Gasteiger partial charge in [0.05, 0.1) is 7.11 Å². The van der Waals surface area contributed by atoms with Gasteiger partial charge in [0.15, 0.2) is 11.6 Å². The summed E-state index contributed by atoms with van der Waals surface area (Å²) < 4.78 is 31.4. The zero-order chi connectivity index (χ0) is 11.5. The van der Waals surface area contributed by atoms with Crippen molar-refractivity contribution in [2.75, 3.05) is 20.2 Å². The number of ether oxygens (including phenoxy) is 1. The topological polar surface area (TPSA) is 21.3 Å². The van der Waals surface area contributed by atoms with Crippen LogP contribution in [0.4, 0.5) is 8.78 Å². The van der Waals surface area contributed by atoms with Crippen LogP contribution >= 0.6 is 0 Å². The third-order valence-corrected chi connectivity index (χ3v) is 3.01. The van der Waals surface area contributed by atoms with Crippen LogP contribution in [0.3, 0.4) is 0 Å². The molecule has 1 heterocycles. The van der Waals surface area contributed by atoms with E-state index in [1.165, 1.54) is 13.2 Å². The summed E-state index contributed by atoms with van der Waals surface area (Å²) in [4.78, 5) is 0. The molecule has 1 fully saturated rings. The van der Waals surface area contributed by atoms with Crippen LogP contribution in [0.5, 0.6) is 5.75 Å². The quantitative estimate of drug-likeness (QED) is 0.837. The van der Waals surface area contributed by atoms with Gasteiger partial charge in [-0.3, -0.25) is 0 Å². The Bertz CT molecular complexity index is 376. The van der Waals surface area contributed by atoms with Crippen LogP contribution in [0.1, 0.15) is 24.3 Å². The number of rotatable bonds is 2. The molecule has 88 valence electrons. The second-order valence-electron chi connectivity index (χ2n) is 4.06. The van der Waals surface area contributed by atoms with E-state index < -0.39 is 11.6 Å². The number of methoxy groups -OCH3 is 1. The number of hydrogen-bond donors (Lipinski definition) is 1. The molecule has 0 aromatic heterocycles. The summed E-state index contributed by atoms with van der Waals surface area (Å²) in [6.45, 7) is 1.81. The van der Waals surface area contributed by atoms with E-state index in [-0.39, 0.29) is 11.7 Å². The van der Waals surface area contributed by atoms with Crippen molar-refractivity contribution in [1.29, 1.82) is 0 Å². The van der Waals surface area contributed by atoms with Gasteiger partial charge in [-0.25, -0.2) is 4.39 Å². The van der Waals surface area contributed by atoms with Gasteiger partial charge in [0, 0.05) is 6.54 Å². The van der Waals surface area contributed by atoms with Gasteiger partial charge in [-0.05, 0) is 43.0 Å². The summed E-state index contributed by atoms with van der Waals surface area (Å²) in [5.41, 5.74) is 0.808. The summed E-state index contributed by atoms with van der Waals surface area (Å²) in [6.07, 6.45) is 2.06. The van der Waals surface area contributed by atoms with E-state index in [1.54, 1.807) is 6.07 Å². The third-order valence-electron chi connectivity index (χ3n) is 3.01. The van der Waals surface area contributed by atoms with Gasteiger partial charge in [-0.1, -0.05) is 0 Å². The fourth-order valence-corrected chi connectivity index (χ4v) is 2.10. The SMILES string of the molecule is COc1cc([C@H]2CCCNC2)cc(F)c1F. The van der Waals surface area contributed by atoms with Gasteiger partial charge in [-0.2, -0.15) is 4.39 Å². The summed E-state index contributed by atoms with van der Waals surface area (Å²) in [5.74, 6) is -1.51. The first-order chi connectivity index (χ1) is 7.72. The lowest BCUT2D eigenvalue weighted by molar-refractivity contribution is 0.368. The van der Waals surface area contributed by atoms with Crippen molar-refractivity contribution in [3.05, 3.63) is 29.3 Å². The molecule has 0 radical (unpaired) electrons. The van der Waals surface area contributed by atoms with E-state index in [9.17, 15) is 8.78 Å². The van der Waals surface area contributed by atoms with E-state index >= 15 is 0 Å². The zero-order valence-corrected chi connectivity index (χ0v) is 9.22. The molecule has 1 N–H and O–H groups in total. The highest BCUT2D eigenvalue weighted by Gasteiger charge is 2.19. The van der Waals surface area contributed by atoms with Crippen molar-refractivity contribution in [3.8, 4) is 5.75 Å². The Hall–Kier alpha value is -1.16. The second kappa shape index (κ2) is 4.78. The summed E-state index contributed by atoms with van der Waals surface area (Å²) in [5, 5.41) is 3.25. The molecule has 16 heavy (non-hydrogen) atoms. The molecule has 1 aromatic carbocycles. The number of halogens is 2. The minimum atomic E-state index is -0.907. The maximum absolute atomic E-state index is 13.3. The molecular weight excluding hydrogens is 212 g/mol. The smallest absolute Gasteiger partial charge is 0.200 e. The predicted octanol–water partition coefficient (Wildman–Crippen LogP) is 2.44. The molecule has 0 spiro atoms. The molecule has 1 aliphatic heterocycles. The Kier molecular flexibility index (Phi) is 3.39. The Morgan fingerprint density at radius 2 is 2.19 bits per heavy atom. The molecule has 0 aliphatic carbocycles. The normalized spacial score (nSPS) is 20.8. The van der Waals surface area contributed by atoms with E-state index in [1.807, 2.05) is 0 Å². The minimum Gasteiger partial charge on any atom is -0.494 e. The number of piperidine rings is 1. The first kappa shape index (κ1) is 11.3. The van der Waals surface area contributed by atoms with Crippen molar-refractivity contribution >= 4 is 0 Å². The monoisotopic (exact) mass is 227 g/mol. The lowest BCUT2D eigenvalue weighted by atomic mass is 9.91. The van der Waals surface area contributed by atoms with Crippen LogP contribution in [0.15, 0.2) is 12.1 Å². The van der Waals surface area contributed by atoms with Gasteiger partial charge < -0.3 is 10.1 Å². The standard InChI is InChI=1S/C12H15F2NO/c1-16-11-6-9(5-10(13)12(11)14)8-3-2-4-15-7-8/h5-6,8,15H,2-4,7H2,1H3/t8-/m0/s1. The molecule has 1 saturated heterocycles. The van der Waals surface area contributed by atoms with E-state index in [4.69, 9.17) is 4.74 Å². The summed E-state index contributed by atoms with van der Waals surface area (Å²) in [6, 6.07) is 2.87. The fraction of sp³-hybridized carbons (Fsp3) is 0.500. The van der Waals surface area contributed by atoms with Gasteiger partial charge in [-0.15, -0.1) is 0 Å². The molecule has 0 unspecified atom stereocenters. The van der Waals surface area contributed by atoms with E-state index in [2.05, 4.69) is 5.32 Å². The number of hydrogen-bond acceptors (Lipinski definition) is 2. The van der Waals surface area contributed by atoms with Crippen LogP contribution in [0, 0.1) is 11.6 Å². The highest BCUT2D eigenvalue weighted by Crippen LogP contribution is 2.29. The molecular formula is C12H15F2NO. The predicted molar refractivity (Wildman–Crippen MR) is 57.8 cm³/mol. The molecule has 2 nitrogen and oxygen atoms in total. The molecule has 0 amide bonds. The maximum Gasteiger partial charge on any atom is 0.200 e. The molecule has 1 aliphatic rings. The van der Waals surface area contributed by atoms with E-state index in [0.29, 0.717) is 0 Å². The molecule has 0 saturated carbocycles. The Morgan fingerprint density at radius 3 is 2.81 bits per heavy atom. The fourth-order valence-electron chi connectivity index (χ4n) is 2.10. The number of nitrogens with one attached hydrogen (secondary N) is 1. The van der Waals surface area contributed by atoms with Crippen LogP contribution in [-0.2, 0) is 0 Å². The highest BCUT2D eigenvalue weighted by atomic mass is 19.2. The lowest BCUT2D eigenvalue weighted by Gasteiger charge is -2.23. The van der Waals surface area contributed by atoms with Gasteiger partial charge in [0.2, 0.25) is 5.82 Å². The first-order valence-electron chi connectivity index (χ1n) is 5.46. The Labute approximate surface area is 93.6 Å². The third kappa shape index (κ3) is 2.16. The van der Waals surface area contributed by atoms with Gasteiger partial charge in [0.25, 0.3) is 0 Å². The Balaban J connectivity index is 2.29. The molecule has 1 atom stereocenters. The van der Waals surface area contributed by atoms with E-state index in [0.717, 1.165) is 31.5 Å². The molecule has 1 aromatic rings. The van der Waals surface area contributed by atoms with Crippen LogP contribution in [0.2, 0.25) is 0 Å². The molecule has 2 rings (SSSR count). The summed E-state index contributed by atoms with van der Waals surface area (Å²) in [7, 11) is 1.35. The first-order valence-corrected chi connectivity index (χ1v) is 5.46. The molecule has 4 heteroatoms. The second-order valence-corrected chi connectivity index (χ2v) is 4.06. The molecule has 0 bridgehead atoms. The van der Waals surface area contributed by atoms with Gasteiger partial charge in [0.1, 0.15) is 0 Å². The van der Waals surface area contributed by atoms with Gasteiger partial charge >= 0.3 is 0 Å². The van der Waals surface area contributed by atoms with Crippen LogP contribution in [0.25, 0.3) is 0 Å². The van der Waals surface area contributed by atoms with Crippen LogP contribution in [-0.4, -0.2) is 20.2 Å². The number of benzene rings is 1. The van der Waals surface area contributed by atoms with Crippen molar-refractivity contribution in [2.45, 2.75) is 18.8 Å². The average Bonchev–Trinajstić information content (AvgIpc) is 2.33.